The number of aromatic nitrogens is 2. The standard InChI is InChI=1S/C24H20F2N4O3S/c25-24(26)34-16-11-9-15(10-12-16)28-22(31)14-33-20-8-4-1-5-17(20)23(32)27-13-21-29-18-6-2-3-7-19(18)30-21/h1-12,24H,13-14H2,(H,27,32)(H,28,31)(H,29,30). The second-order valence-corrected chi connectivity index (χ2v) is 8.18. The number of carbonyl (C=O) groups is 2. The number of ether oxygens (including phenoxy) is 1. The van der Waals surface area contributed by atoms with Gasteiger partial charge in [-0.15, -0.1) is 0 Å². The van der Waals surface area contributed by atoms with Crippen LogP contribution in [-0.2, 0) is 11.3 Å². The normalized spacial score (nSPS) is 10.9. The van der Waals surface area contributed by atoms with Crippen molar-refractivity contribution in [1.82, 2.24) is 15.3 Å². The van der Waals surface area contributed by atoms with Crippen LogP contribution in [0.5, 0.6) is 5.75 Å². The molecule has 0 saturated carbocycles. The fourth-order valence-corrected chi connectivity index (χ4v) is 3.69. The van der Waals surface area contributed by atoms with Gasteiger partial charge in [0.25, 0.3) is 17.6 Å². The number of para-hydroxylation sites is 3. The molecule has 0 aliphatic heterocycles. The molecule has 0 fully saturated rings. The molecule has 0 spiro atoms. The molecule has 0 atom stereocenters. The van der Waals surface area contributed by atoms with Crippen molar-refractivity contribution in [3.8, 4) is 5.75 Å². The Morgan fingerprint density at radius 2 is 1.74 bits per heavy atom. The number of aromatic amines is 1. The minimum atomic E-state index is -2.51. The number of thioether (sulfide) groups is 1. The van der Waals surface area contributed by atoms with Crippen LogP contribution >= 0.6 is 11.8 Å². The molecule has 0 radical (unpaired) electrons. The van der Waals surface area contributed by atoms with Crippen molar-refractivity contribution in [2.45, 2.75) is 17.2 Å². The Morgan fingerprint density at radius 3 is 2.50 bits per heavy atom. The highest BCUT2D eigenvalue weighted by molar-refractivity contribution is 7.99. The van der Waals surface area contributed by atoms with Crippen molar-refractivity contribution in [3.63, 3.8) is 0 Å². The Balaban J connectivity index is 1.32. The molecule has 3 aromatic carbocycles. The quantitative estimate of drug-likeness (QED) is 0.297. The van der Waals surface area contributed by atoms with Gasteiger partial charge >= 0.3 is 0 Å². The number of amides is 2. The van der Waals surface area contributed by atoms with Crippen molar-refractivity contribution in [3.05, 3.63) is 84.2 Å². The number of nitrogens with zero attached hydrogens (tertiary/aromatic N) is 1. The highest BCUT2D eigenvalue weighted by Crippen LogP contribution is 2.26. The van der Waals surface area contributed by atoms with Gasteiger partial charge in [-0.25, -0.2) is 4.98 Å². The highest BCUT2D eigenvalue weighted by Gasteiger charge is 2.14. The third-order valence-corrected chi connectivity index (χ3v) is 5.43. The van der Waals surface area contributed by atoms with E-state index in [0.717, 1.165) is 11.0 Å². The van der Waals surface area contributed by atoms with Crippen LogP contribution in [0.2, 0.25) is 0 Å². The molecule has 0 unspecified atom stereocenters. The van der Waals surface area contributed by atoms with E-state index in [4.69, 9.17) is 4.74 Å². The predicted molar refractivity (Wildman–Crippen MR) is 126 cm³/mol. The molecular weight excluding hydrogens is 462 g/mol. The van der Waals surface area contributed by atoms with E-state index in [1.165, 1.54) is 24.3 Å². The number of H-pyrrole nitrogens is 1. The lowest BCUT2D eigenvalue weighted by molar-refractivity contribution is -0.118. The van der Waals surface area contributed by atoms with E-state index in [0.29, 0.717) is 28.2 Å². The van der Waals surface area contributed by atoms with Crippen LogP contribution in [-0.4, -0.2) is 34.1 Å². The third kappa shape index (κ3) is 6.10. The minimum Gasteiger partial charge on any atom is -0.483 e. The van der Waals surface area contributed by atoms with Crippen molar-refractivity contribution < 1.29 is 23.1 Å². The van der Waals surface area contributed by atoms with Crippen LogP contribution in [0.1, 0.15) is 16.2 Å². The largest absolute Gasteiger partial charge is 0.483 e. The zero-order valence-electron chi connectivity index (χ0n) is 17.8. The molecule has 34 heavy (non-hydrogen) atoms. The number of fused-ring (bicyclic) bond motifs is 1. The Kier molecular flexibility index (Phi) is 7.38. The smallest absolute Gasteiger partial charge is 0.288 e. The van der Waals surface area contributed by atoms with Gasteiger partial charge in [0, 0.05) is 10.6 Å². The van der Waals surface area contributed by atoms with Crippen LogP contribution in [0.3, 0.4) is 0 Å². The molecule has 10 heteroatoms. The summed E-state index contributed by atoms with van der Waals surface area (Å²) in [5.41, 5.74) is 2.41. The number of anilines is 1. The van der Waals surface area contributed by atoms with E-state index < -0.39 is 11.7 Å². The van der Waals surface area contributed by atoms with Gasteiger partial charge < -0.3 is 20.4 Å². The number of nitrogens with one attached hydrogen (secondary N) is 3. The van der Waals surface area contributed by atoms with Gasteiger partial charge in [0.2, 0.25) is 0 Å². The molecule has 4 rings (SSSR count). The molecule has 1 heterocycles. The summed E-state index contributed by atoms with van der Waals surface area (Å²) in [5.74, 6) is -2.46. The van der Waals surface area contributed by atoms with Crippen molar-refractivity contribution >= 4 is 40.3 Å². The molecule has 0 aliphatic carbocycles. The maximum Gasteiger partial charge on any atom is 0.288 e. The van der Waals surface area contributed by atoms with E-state index in [1.807, 2.05) is 24.3 Å². The van der Waals surface area contributed by atoms with Crippen molar-refractivity contribution in [1.29, 1.82) is 0 Å². The van der Waals surface area contributed by atoms with Crippen molar-refractivity contribution in [2.75, 3.05) is 11.9 Å². The van der Waals surface area contributed by atoms with E-state index >= 15 is 0 Å². The second kappa shape index (κ2) is 10.8. The van der Waals surface area contributed by atoms with Gasteiger partial charge in [0.05, 0.1) is 23.1 Å². The molecule has 0 bridgehead atoms. The van der Waals surface area contributed by atoms with Gasteiger partial charge in [-0.1, -0.05) is 36.0 Å². The second-order valence-electron chi connectivity index (χ2n) is 7.12. The molecule has 3 N–H and O–H groups in total. The SMILES string of the molecule is O=C(COc1ccccc1C(=O)NCc1nc2ccccc2[nH]1)Nc1ccc(SC(F)F)cc1. The van der Waals surface area contributed by atoms with Gasteiger partial charge in [-0.2, -0.15) is 8.78 Å². The predicted octanol–water partition coefficient (Wildman–Crippen LogP) is 4.83. The first-order valence-corrected chi connectivity index (χ1v) is 11.1. The monoisotopic (exact) mass is 482 g/mol. The number of rotatable bonds is 9. The maximum atomic E-state index is 12.7. The van der Waals surface area contributed by atoms with E-state index in [2.05, 4.69) is 20.6 Å². The van der Waals surface area contributed by atoms with Crippen molar-refractivity contribution in [2.24, 2.45) is 0 Å². The van der Waals surface area contributed by atoms with E-state index in [1.54, 1.807) is 24.3 Å². The summed E-state index contributed by atoms with van der Waals surface area (Å²) in [6.45, 7) is -0.135. The summed E-state index contributed by atoms with van der Waals surface area (Å²) < 4.78 is 30.4. The van der Waals surface area contributed by atoms with Crippen LogP contribution in [0.15, 0.2) is 77.7 Å². The fraction of sp³-hybridized carbons (Fsp3) is 0.125. The number of alkyl halides is 2. The zero-order chi connectivity index (χ0) is 23.9. The Hall–Kier alpha value is -3.92. The number of benzene rings is 3. The number of hydrogen-bond donors (Lipinski definition) is 3. The number of imidazole rings is 1. The lowest BCUT2D eigenvalue weighted by atomic mass is 10.2. The Bertz CT molecular complexity index is 1260. The molecule has 4 aromatic rings. The molecule has 1 aromatic heterocycles. The first-order valence-electron chi connectivity index (χ1n) is 10.3. The third-order valence-electron chi connectivity index (χ3n) is 4.71. The van der Waals surface area contributed by atoms with Crippen LogP contribution < -0.4 is 15.4 Å². The Morgan fingerprint density at radius 1 is 1.00 bits per heavy atom. The molecule has 7 nitrogen and oxygen atoms in total. The minimum absolute atomic E-state index is 0.197. The topological polar surface area (TPSA) is 96.1 Å². The number of hydrogen-bond acceptors (Lipinski definition) is 5. The van der Waals surface area contributed by atoms with Gasteiger partial charge in [0.1, 0.15) is 11.6 Å². The fourth-order valence-electron chi connectivity index (χ4n) is 3.19. The summed E-state index contributed by atoms with van der Waals surface area (Å²) in [5, 5.41) is 5.42. The average Bonchev–Trinajstić information content (AvgIpc) is 3.25. The van der Waals surface area contributed by atoms with Gasteiger partial charge in [-0.05, 0) is 48.5 Å². The lowest BCUT2D eigenvalue weighted by Gasteiger charge is -2.12. The first kappa shape index (κ1) is 23.2. The summed E-state index contributed by atoms with van der Waals surface area (Å²) in [6, 6.07) is 20.2. The van der Waals surface area contributed by atoms with Gasteiger partial charge in [-0.3, -0.25) is 9.59 Å². The zero-order valence-corrected chi connectivity index (χ0v) is 18.6. The molecule has 0 aliphatic rings. The summed E-state index contributed by atoms with van der Waals surface area (Å²) >= 11 is 0.427. The summed E-state index contributed by atoms with van der Waals surface area (Å²) in [7, 11) is 0. The first-order chi connectivity index (χ1) is 16.5. The highest BCUT2D eigenvalue weighted by atomic mass is 32.2. The molecule has 2 amide bonds. The van der Waals surface area contributed by atoms with Crippen LogP contribution in [0.4, 0.5) is 14.5 Å². The lowest BCUT2D eigenvalue weighted by Crippen LogP contribution is -2.25. The van der Waals surface area contributed by atoms with Gasteiger partial charge in [0.15, 0.2) is 6.61 Å². The summed E-state index contributed by atoms with van der Waals surface area (Å²) in [4.78, 5) is 32.9. The Labute approximate surface area is 197 Å². The molecular formula is C24H20F2N4O3S. The molecule has 174 valence electrons. The van der Waals surface area contributed by atoms with Crippen LogP contribution in [0.25, 0.3) is 11.0 Å². The summed E-state index contributed by atoms with van der Waals surface area (Å²) in [6.07, 6.45) is 0. The van der Waals surface area contributed by atoms with E-state index in [-0.39, 0.29) is 30.4 Å². The van der Waals surface area contributed by atoms with E-state index in [9.17, 15) is 18.4 Å². The number of carbonyl (C=O) groups excluding carboxylic acids is 2. The van der Waals surface area contributed by atoms with Crippen LogP contribution in [0, 0.1) is 0 Å². The maximum absolute atomic E-state index is 12.7. The molecule has 0 saturated heterocycles. The average molecular weight is 483 g/mol. The number of halogens is 2.